The lowest BCUT2D eigenvalue weighted by Gasteiger charge is -2.20. The average molecular weight is 304 g/mol. The molecule has 104 valence electrons. The normalized spacial score (nSPS) is 11.2. The van der Waals surface area contributed by atoms with Crippen molar-refractivity contribution in [2.45, 2.75) is 32.2 Å². The summed E-state index contributed by atoms with van der Waals surface area (Å²) in [7, 11) is 0. The van der Waals surface area contributed by atoms with E-state index in [0.717, 1.165) is 5.56 Å². The van der Waals surface area contributed by atoms with Crippen LogP contribution in [-0.4, -0.2) is 22.5 Å². The number of rotatable bonds is 5. The highest BCUT2D eigenvalue weighted by atomic mass is 35.5. The predicted octanol–water partition coefficient (Wildman–Crippen LogP) is 2.91. The molecule has 1 aromatic carbocycles. The van der Waals surface area contributed by atoms with Crippen LogP contribution in [0.3, 0.4) is 0 Å². The van der Waals surface area contributed by atoms with E-state index in [4.69, 9.17) is 28.3 Å². The molecule has 0 fully saturated rings. The third-order valence-electron chi connectivity index (χ3n) is 2.62. The number of hydrogen-bond acceptors (Lipinski definition) is 2. The second-order valence-electron chi connectivity index (χ2n) is 4.71. The van der Waals surface area contributed by atoms with Crippen LogP contribution in [0.1, 0.15) is 25.8 Å². The minimum Gasteiger partial charge on any atom is -0.480 e. The van der Waals surface area contributed by atoms with Crippen molar-refractivity contribution in [2.75, 3.05) is 0 Å². The van der Waals surface area contributed by atoms with Gasteiger partial charge in [0, 0.05) is 16.5 Å². The second-order valence-corrected chi connectivity index (χ2v) is 5.56. The summed E-state index contributed by atoms with van der Waals surface area (Å²) >= 11 is 11.8. The Kier molecular flexibility index (Phi) is 5.20. The van der Waals surface area contributed by atoms with Gasteiger partial charge < -0.3 is 10.4 Å². The molecule has 0 aromatic heterocycles. The third kappa shape index (κ3) is 4.73. The van der Waals surface area contributed by atoms with Crippen molar-refractivity contribution in [3.05, 3.63) is 33.8 Å². The molecule has 0 spiro atoms. The van der Waals surface area contributed by atoms with E-state index in [1.165, 1.54) is 13.8 Å². The van der Waals surface area contributed by atoms with Crippen LogP contribution in [0.4, 0.5) is 0 Å². The SMILES string of the molecule is CC(C)(NC(=O)CCc1ccc(Cl)cc1Cl)C(=O)O. The molecule has 4 nitrogen and oxygen atoms in total. The molecule has 1 rings (SSSR count). The van der Waals surface area contributed by atoms with Crippen LogP contribution < -0.4 is 5.32 Å². The number of halogens is 2. The number of benzene rings is 1. The monoisotopic (exact) mass is 303 g/mol. The van der Waals surface area contributed by atoms with E-state index in [-0.39, 0.29) is 12.3 Å². The topological polar surface area (TPSA) is 66.4 Å². The first kappa shape index (κ1) is 15.8. The molecule has 6 heteroatoms. The lowest BCUT2D eigenvalue weighted by molar-refractivity contribution is -0.146. The average Bonchev–Trinajstić information content (AvgIpc) is 2.27. The molecule has 0 aliphatic heterocycles. The molecule has 0 unspecified atom stereocenters. The van der Waals surface area contributed by atoms with E-state index in [1.54, 1.807) is 18.2 Å². The fraction of sp³-hybridized carbons (Fsp3) is 0.385. The number of hydrogen-bond donors (Lipinski definition) is 2. The number of nitrogens with one attached hydrogen (secondary N) is 1. The largest absolute Gasteiger partial charge is 0.480 e. The highest BCUT2D eigenvalue weighted by molar-refractivity contribution is 6.35. The van der Waals surface area contributed by atoms with Crippen LogP contribution in [0.5, 0.6) is 0 Å². The zero-order chi connectivity index (χ0) is 14.6. The highest BCUT2D eigenvalue weighted by Gasteiger charge is 2.28. The van der Waals surface area contributed by atoms with Crippen molar-refractivity contribution in [2.24, 2.45) is 0 Å². The molecule has 0 aliphatic carbocycles. The summed E-state index contributed by atoms with van der Waals surface area (Å²) in [4.78, 5) is 22.5. The van der Waals surface area contributed by atoms with Crippen LogP contribution >= 0.6 is 23.2 Å². The van der Waals surface area contributed by atoms with Crippen molar-refractivity contribution in [1.29, 1.82) is 0 Å². The Bertz CT molecular complexity index is 501. The summed E-state index contributed by atoms with van der Waals surface area (Å²) in [6.45, 7) is 2.87. The maximum Gasteiger partial charge on any atom is 0.328 e. The highest BCUT2D eigenvalue weighted by Crippen LogP contribution is 2.22. The van der Waals surface area contributed by atoms with Crippen molar-refractivity contribution >= 4 is 35.1 Å². The minimum absolute atomic E-state index is 0.165. The van der Waals surface area contributed by atoms with E-state index in [0.29, 0.717) is 16.5 Å². The molecule has 1 amide bonds. The van der Waals surface area contributed by atoms with E-state index in [2.05, 4.69) is 5.32 Å². The van der Waals surface area contributed by atoms with Gasteiger partial charge in [-0.1, -0.05) is 29.3 Å². The summed E-state index contributed by atoms with van der Waals surface area (Å²) < 4.78 is 0. The summed E-state index contributed by atoms with van der Waals surface area (Å²) in [5, 5.41) is 12.4. The second kappa shape index (κ2) is 6.26. The van der Waals surface area contributed by atoms with Gasteiger partial charge in [-0.15, -0.1) is 0 Å². The number of carbonyl (C=O) groups is 2. The molecule has 0 heterocycles. The Balaban J connectivity index is 2.57. The Morgan fingerprint density at radius 3 is 2.47 bits per heavy atom. The fourth-order valence-corrected chi connectivity index (χ4v) is 1.94. The van der Waals surface area contributed by atoms with Crippen molar-refractivity contribution < 1.29 is 14.7 Å². The Labute approximate surface area is 121 Å². The van der Waals surface area contributed by atoms with Crippen molar-refractivity contribution in [1.82, 2.24) is 5.32 Å². The first-order valence-electron chi connectivity index (χ1n) is 5.70. The van der Waals surface area contributed by atoms with Gasteiger partial charge in [0.05, 0.1) is 0 Å². The van der Waals surface area contributed by atoms with E-state index in [1.807, 2.05) is 0 Å². The van der Waals surface area contributed by atoms with Gasteiger partial charge in [0.15, 0.2) is 0 Å². The number of carboxylic acids is 1. The molecule has 0 atom stereocenters. The Morgan fingerprint density at radius 1 is 1.32 bits per heavy atom. The lowest BCUT2D eigenvalue weighted by atomic mass is 10.0. The van der Waals surface area contributed by atoms with Gasteiger partial charge >= 0.3 is 5.97 Å². The first-order valence-corrected chi connectivity index (χ1v) is 6.46. The molecule has 0 saturated heterocycles. The van der Waals surface area contributed by atoms with Gasteiger partial charge in [-0.25, -0.2) is 4.79 Å². The van der Waals surface area contributed by atoms with E-state index >= 15 is 0 Å². The van der Waals surface area contributed by atoms with Gasteiger partial charge in [0.2, 0.25) is 5.91 Å². The summed E-state index contributed by atoms with van der Waals surface area (Å²) in [5.41, 5.74) is -0.477. The zero-order valence-electron chi connectivity index (χ0n) is 10.7. The fourth-order valence-electron chi connectivity index (χ4n) is 1.44. The van der Waals surface area contributed by atoms with Crippen LogP contribution in [0.15, 0.2) is 18.2 Å². The van der Waals surface area contributed by atoms with Gasteiger partial charge in [-0.05, 0) is 38.0 Å². The van der Waals surface area contributed by atoms with Crippen LogP contribution in [0.2, 0.25) is 10.0 Å². The van der Waals surface area contributed by atoms with Gasteiger partial charge in [-0.2, -0.15) is 0 Å². The molecule has 2 N–H and O–H groups in total. The Morgan fingerprint density at radius 2 is 1.95 bits per heavy atom. The van der Waals surface area contributed by atoms with Crippen LogP contribution in [0.25, 0.3) is 0 Å². The summed E-state index contributed by atoms with van der Waals surface area (Å²) in [5.74, 6) is -1.41. The molecular weight excluding hydrogens is 289 g/mol. The van der Waals surface area contributed by atoms with Crippen molar-refractivity contribution in [3.8, 4) is 0 Å². The van der Waals surface area contributed by atoms with E-state index in [9.17, 15) is 9.59 Å². The zero-order valence-corrected chi connectivity index (χ0v) is 12.2. The smallest absolute Gasteiger partial charge is 0.328 e. The molecular formula is C13H15Cl2NO3. The number of carboxylic acid groups (broad SMARTS) is 1. The third-order valence-corrected chi connectivity index (χ3v) is 3.21. The van der Waals surface area contributed by atoms with Crippen LogP contribution in [-0.2, 0) is 16.0 Å². The Hall–Kier alpha value is -1.26. The van der Waals surface area contributed by atoms with Gasteiger partial charge in [0.25, 0.3) is 0 Å². The van der Waals surface area contributed by atoms with Gasteiger partial charge in [-0.3, -0.25) is 4.79 Å². The van der Waals surface area contributed by atoms with Gasteiger partial charge in [0.1, 0.15) is 5.54 Å². The number of aryl methyl sites for hydroxylation is 1. The number of aliphatic carboxylic acids is 1. The van der Waals surface area contributed by atoms with Crippen LogP contribution in [0, 0.1) is 0 Å². The minimum atomic E-state index is -1.28. The molecule has 0 radical (unpaired) electrons. The molecule has 0 saturated carbocycles. The number of carbonyl (C=O) groups excluding carboxylic acids is 1. The van der Waals surface area contributed by atoms with Crippen molar-refractivity contribution in [3.63, 3.8) is 0 Å². The quantitative estimate of drug-likeness (QED) is 0.879. The molecule has 19 heavy (non-hydrogen) atoms. The molecule has 1 aromatic rings. The number of amides is 1. The molecule has 0 bridgehead atoms. The first-order chi connectivity index (χ1) is 8.72. The maximum absolute atomic E-state index is 11.7. The summed E-state index contributed by atoms with van der Waals surface area (Å²) in [6.07, 6.45) is 0.593. The maximum atomic E-state index is 11.7. The lowest BCUT2D eigenvalue weighted by Crippen LogP contribution is -2.49. The molecule has 0 aliphatic rings. The predicted molar refractivity (Wildman–Crippen MR) is 74.6 cm³/mol. The summed E-state index contributed by atoms with van der Waals surface area (Å²) in [6, 6.07) is 5.06. The standard InChI is InChI=1S/C13H15Cl2NO3/c1-13(2,12(18)19)16-11(17)6-4-8-3-5-9(14)7-10(8)15/h3,5,7H,4,6H2,1-2H3,(H,16,17)(H,18,19). The van der Waals surface area contributed by atoms with E-state index < -0.39 is 11.5 Å².